The summed E-state index contributed by atoms with van der Waals surface area (Å²) < 4.78 is 5.90. The second-order valence-corrected chi connectivity index (χ2v) is 5.88. The van der Waals surface area contributed by atoms with Crippen LogP contribution in [0.15, 0.2) is 72.1 Å². The zero-order chi connectivity index (χ0) is 14.3. The van der Waals surface area contributed by atoms with Crippen LogP contribution >= 0.6 is 11.3 Å². The summed E-state index contributed by atoms with van der Waals surface area (Å²) in [5, 5.41) is 1.95. The minimum absolute atomic E-state index is 0.243. The Hall–Kier alpha value is -2.39. The van der Waals surface area contributed by atoms with E-state index in [-0.39, 0.29) is 5.97 Å². The van der Waals surface area contributed by atoms with Crippen LogP contribution in [0.3, 0.4) is 0 Å². The van der Waals surface area contributed by atoms with Gasteiger partial charge in [0.15, 0.2) is 5.60 Å². The molecule has 3 heteroatoms. The third kappa shape index (κ3) is 1.68. The predicted molar refractivity (Wildman–Crippen MR) is 82.5 cm³/mol. The Labute approximate surface area is 126 Å². The fourth-order valence-electron chi connectivity index (χ4n) is 2.93. The maximum absolute atomic E-state index is 12.3. The molecular weight excluding hydrogens is 280 g/mol. The molecule has 0 aliphatic carbocycles. The second-order valence-electron chi connectivity index (χ2n) is 4.97. The van der Waals surface area contributed by atoms with Gasteiger partial charge in [-0.25, -0.2) is 4.79 Å². The van der Waals surface area contributed by atoms with E-state index in [1.54, 1.807) is 0 Å². The molecule has 0 radical (unpaired) electrons. The zero-order valence-corrected chi connectivity index (χ0v) is 12.0. The van der Waals surface area contributed by atoms with E-state index >= 15 is 0 Å². The molecule has 21 heavy (non-hydrogen) atoms. The Morgan fingerprint density at radius 1 is 0.810 bits per heavy atom. The molecule has 1 aromatic heterocycles. The van der Waals surface area contributed by atoms with E-state index in [9.17, 15) is 4.79 Å². The number of hydrogen-bond donors (Lipinski definition) is 0. The molecular formula is C18H12O2S. The molecule has 2 heterocycles. The van der Waals surface area contributed by atoms with Crippen LogP contribution in [0.1, 0.15) is 26.4 Å². The molecule has 2 nitrogen and oxygen atoms in total. The molecule has 102 valence electrons. The molecule has 3 aromatic rings. The van der Waals surface area contributed by atoms with Gasteiger partial charge in [0, 0.05) is 16.7 Å². The molecule has 0 saturated heterocycles. The third-order valence-electron chi connectivity index (χ3n) is 3.84. The lowest BCUT2D eigenvalue weighted by molar-refractivity contribution is 0.0253. The first kappa shape index (κ1) is 12.4. The lowest BCUT2D eigenvalue weighted by Crippen LogP contribution is -2.29. The Kier molecular flexibility index (Phi) is 2.69. The van der Waals surface area contributed by atoms with Crippen LogP contribution in [0, 0.1) is 0 Å². The van der Waals surface area contributed by atoms with Crippen LogP contribution in [0.5, 0.6) is 0 Å². The monoisotopic (exact) mass is 292 g/mol. The number of thiophene rings is 1. The van der Waals surface area contributed by atoms with Gasteiger partial charge >= 0.3 is 5.97 Å². The maximum Gasteiger partial charge on any atom is 0.350 e. The third-order valence-corrected chi connectivity index (χ3v) is 4.73. The van der Waals surface area contributed by atoms with Crippen molar-refractivity contribution in [2.75, 3.05) is 0 Å². The summed E-state index contributed by atoms with van der Waals surface area (Å²) in [6.45, 7) is 0. The van der Waals surface area contributed by atoms with Gasteiger partial charge < -0.3 is 4.74 Å². The highest BCUT2D eigenvalue weighted by Gasteiger charge is 2.49. The van der Waals surface area contributed by atoms with Crippen LogP contribution in [-0.4, -0.2) is 5.97 Å². The van der Waals surface area contributed by atoms with Crippen LogP contribution in [0.4, 0.5) is 0 Å². The molecule has 0 unspecified atom stereocenters. The smallest absolute Gasteiger partial charge is 0.350 e. The number of rotatable bonds is 2. The first-order valence-electron chi connectivity index (χ1n) is 6.75. The predicted octanol–water partition coefficient (Wildman–Crippen LogP) is 4.21. The minimum Gasteiger partial charge on any atom is -0.440 e. The normalized spacial score (nSPS) is 15.5. The Bertz CT molecular complexity index is 751. The van der Waals surface area contributed by atoms with E-state index < -0.39 is 5.60 Å². The van der Waals surface area contributed by atoms with Crippen molar-refractivity contribution < 1.29 is 9.53 Å². The van der Waals surface area contributed by atoms with E-state index in [1.807, 2.05) is 72.1 Å². The zero-order valence-electron chi connectivity index (χ0n) is 11.2. The van der Waals surface area contributed by atoms with Gasteiger partial charge in [0.1, 0.15) is 4.88 Å². The fourth-order valence-corrected chi connectivity index (χ4v) is 3.74. The Morgan fingerprint density at radius 2 is 1.38 bits per heavy atom. The molecule has 0 N–H and O–H groups in total. The lowest BCUT2D eigenvalue weighted by Gasteiger charge is -2.29. The SMILES string of the molecule is O=C1OC(c2ccccc2)(c2ccccc2)c2ccsc21. The number of cyclic esters (lactones) is 1. The van der Waals surface area contributed by atoms with Crippen molar-refractivity contribution in [2.24, 2.45) is 0 Å². The van der Waals surface area contributed by atoms with Crippen LogP contribution in [0.2, 0.25) is 0 Å². The number of esters is 1. The standard InChI is InChI=1S/C18H12O2S/c19-17-16-15(11-12-21-16)18(20-17,13-7-3-1-4-8-13)14-9-5-2-6-10-14/h1-12H. The largest absolute Gasteiger partial charge is 0.440 e. The van der Waals surface area contributed by atoms with E-state index in [4.69, 9.17) is 4.74 Å². The quantitative estimate of drug-likeness (QED) is 0.661. The van der Waals surface area contributed by atoms with Crippen molar-refractivity contribution in [3.05, 3.63) is 93.7 Å². The molecule has 2 aromatic carbocycles. The second kappa shape index (κ2) is 4.57. The first-order chi connectivity index (χ1) is 10.3. The topological polar surface area (TPSA) is 26.3 Å². The van der Waals surface area contributed by atoms with Gasteiger partial charge in [-0.2, -0.15) is 0 Å². The number of carbonyl (C=O) groups excluding carboxylic acids is 1. The number of carbonyl (C=O) groups is 1. The number of fused-ring (bicyclic) bond motifs is 1. The fraction of sp³-hybridized carbons (Fsp3) is 0.0556. The van der Waals surface area contributed by atoms with Crippen molar-refractivity contribution in [3.63, 3.8) is 0 Å². The lowest BCUT2D eigenvalue weighted by atomic mass is 9.82. The van der Waals surface area contributed by atoms with Gasteiger partial charge in [-0.1, -0.05) is 60.7 Å². The summed E-state index contributed by atoms with van der Waals surface area (Å²) in [5.74, 6) is -0.243. The van der Waals surface area contributed by atoms with Crippen molar-refractivity contribution in [1.82, 2.24) is 0 Å². The number of ether oxygens (including phenoxy) is 1. The average Bonchev–Trinajstić information content (AvgIpc) is 3.13. The highest BCUT2D eigenvalue weighted by atomic mass is 32.1. The van der Waals surface area contributed by atoms with Crippen molar-refractivity contribution in [2.45, 2.75) is 5.60 Å². The van der Waals surface area contributed by atoms with E-state index in [2.05, 4.69) is 0 Å². The molecule has 0 spiro atoms. The summed E-state index contributed by atoms with van der Waals surface area (Å²) in [6, 6.07) is 21.8. The van der Waals surface area contributed by atoms with Gasteiger partial charge in [0.25, 0.3) is 0 Å². The van der Waals surface area contributed by atoms with Gasteiger partial charge in [-0.15, -0.1) is 11.3 Å². The molecule has 0 fully saturated rings. The van der Waals surface area contributed by atoms with Crippen LogP contribution in [0.25, 0.3) is 0 Å². The summed E-state index contributed by atoms with van der Waals surface area (Å²) in [7, 11) is 0. The Morgan fingerprint density at radius 3 is 1.95 bits per heavy atom. The molecule has 0 bridgehead atoms. The van der Waals surface area contributed by atoms with E-state index in [1.165, 1.54) is 11.3 Å². The van der Waals surface area contributed by atoms with Crippen molar-refractivity contribution in [3.8, 4) is 0 Å². The molecule has 0 amide bonds. The van der Waals surface area contributed by atoms with Gasteiger partial charge in [-0.3, -0.25) is 0 Å². The van der Waals surface area contributed by atoms with E-state index in [0.717, 1.165) is 16.7 Å². The summed E-state index contributed by atoms with van der Waals surface area (Å²) >= 11 is 1.44. The van der Waals surface area contributed by atoms with Crippen LogP contribution in [-0.2, 0) is 10.3 Å². The van der Waals surface area contributed by atoms with Gasteiger partial charge in [-0.05, 0) is 11.4 Å². The van der Waals surface area contributed by atoms with Crippen molar-refractivity contribution in [1.29, 1.82) is 0 Å². The maximum atomic E-state index is 12.3. The first-order valence-corrected chi connectivity index (χ1v) is 7.63. The molecule has 0 saturated carbocycles. The highest BCUT2D eigenvalue weighted by molar-refractivity contribution is 7.12. The summed E-state index contributed by atoms with van der Waals surface area (Å²) in [4.78, 5) is 13.0. The molecule has 4 rings (SSSR count). The molecule has 1 aliphatic heterocycles. The van der Waals surface area contributed by atoms with Crippen LogP contribution < -0.4 is 0 Å². The summed E-state index contributed by atoms with van der Waals surface area (Å²) in [5.41, 5.74) is 2.06. The number of benzene rings is 2. The average molecular weight is 292 g/mol. The van der Waals surface area contributed by atoms with Gasteiger partial charge in [0.05, 0.1) is 0 Å². The van der Waals surface area contributed by atoms with Crippen molar-refractivity contribution >= 4 is 17.3 Å². The minimum atomic E-state index is -0.824. The highest BCUT2D eigenvalue weighted by Crippen LogP contribution is 2.48. The van der Waals surface area contributed by atoms with E-state index in [0.29, 0.717) is 4.88 Å². The Balaban J connectivity index is 2.05. The number of hydrogen-bond acceptors (Lipinski definition) is 3. The summed E-state index contributed by atoms with van der Waals surface area (Å²) in [6.07, 6.45) is 0. The molecule has 0 atom stereocenters. The molecule has 1 aliphatic rings. The van der Waals surface area contributed by atoms with Gasteiger partial charge in [0.2, 0.25) is 0 Å².